The number of rotatable bonds is 7. The monoisotopic (exact) mass is 559 g/mol. The lowest BCUT2D eigenvalue weighted by Gasteiger charge is -2.28. The third kappa shape index (κ3) is 5.28. The molecule has 0 bridgehead atoms. The molecule has 1 aliphatic heterocycles. The fourth-order valence-electron chi connectivity index (χ4n) is 5.27. The Kier molecular flexibility index (Phi) is 7.70. The van der Waals surface area contributed by atoms with E-state index in [4.69, 9.17) is 28.6 Å². The van der Waals surface area contributed by atoms with E-state index in [-0.39, 0.29) is 24.6 Å². The molecule has 4 aromatic rings. The Morgan fingerprint density at radius 3 is 2.59 bits per heavy atom. The molecule has 0 unspecified atom stereocenters. The van der Waals surface area contributed by atoms with Gasteiger partial charge in [-0.05, 0) is 92.6 Å². The Balaban J connectivity index is 1.61. The van der Waals surface area contributed by atoms with Crippen LogP contribution in [0.15, 0.2) is 72.9 Å². The van der Waals surface area contributed by atoms with E-state index in [1.54, 1.807) is 12.3 Å². The number of anilines is 2. The minimum Gasteiger partial charge on any atom is -0.375 e. The molecular formula is C30H30ClN5O2S. The summed E-state index contributed by atoms with van der Waals surface area (Å²) < 4.78 is 7.19. The lowest BCUT2D eigenvalue weighted by molar-refractivity contribution is -0.119. The maximum absolute atomic E-state index is 12.1. The fourth-order valence-corrected chi connectivity index (χ4v) is 5.84. The van der Waals surface area contributed by atoms with Crippen LogP contribution in [0.5, 0.6) is 0 Å². The molecular weight excluding hydrogens is 530 g/mol. The van der Waals surface area contributed by atoms with Crippen molar-refractivity contribution in [3.05, 3.63) is 106 Å². The normalized spacial score (nSPS) is 16.8. The van der Waals surface area contributed by atoms with Gasteiger partial charge in [0.1, 0.15) is 6.61 Å². The quantitative estimate of drug-likeness (QED) is 0.262. The van der Waals surface area contributed by atoms with Crippen LogP contribution in [0.1, 0.15) is 40.3 Å². The SMILES string of the molecule is COCC(=O)Nc1ccc(N2C(=S)N[C@@H](c3ccccn3)[C@@H]2c2cc(C)n(-c3cccc(C)c3)c2C)cc1Cl. The molecule has 0 spiro atoms. The van der Waals surface area contributed by atoms with Gasteiger partial charge in [0, 0.05) is 36.1 Å². The smallest absolute Gasteiger partial charge is 0.250 e. The summed E-state index contributed by atoms with van der Waals surface area (Å²) in [6, 6.07) is 21.8. The number of amides is 1. The van der Waals surface area contributed by atoms with Crippen molar-refractivity contribution in [3.63, 3.8) is 0 Å². The number of methoxy groups -OCH3 is 1. The van der Waals surface area contributed by atoms with Gasteiger partial charge in [-0.2, -0.15) is 0 Å². The largest absolute Gasteiger partial charge is 0.375 e. The average molecular weight is 560 g/mol. The first-order valence-corrected chi connectivity index (χ1v) is 13.4. The van der Waals surface area contributed by atoms with Crippen molar-refractivity contribution in [1.82, 2.24) is 14.9 Å². The van der Waals surface area contributed by atoms with Crippen molar-refractivity contribution in [1.29, 1.82) is 0 Å². The Hall–Kier alpha value is -3.72. The predicted octanol–water partition coefficient (Wildman–Crippen LogP) is 6.21. The molecule has 39 heavy (non-hydrogen) atoms. The average Bonchev–Trinajstić information content (AvgIpc) is 3.40. The molecule has 1 fully saturated rings. The Bertz CT molecular complexity index is 1540. The zero-order valence-electron chi connectivity index (χ0n) is 22.2. The van der Waals surface area contributed by atoms with Gasteiger partial charge in [0.25, 0.3) is 0 Å². The second-order valence-electron chi connectivity index (χ2n) is 9.64. The Labute approximate surface area is 238 Å². The number of nitrogens with zero attached hydrogens (tertiary/aromatic N) is 3. The van der Waals surface area contributed by atoms with Crippen molar-refractivity contribution in [2.24, 2.45) is 0 Å². The van der Waals surface area contributed by atoms with E-state index in [1.165, 1.54) is 12.7 Å². The van der Waals surface area contributed by atoms with E-state index < -0.39 is 0 Å². The summed E-state index contributed by atoms with van der Waals surface area (Å²) in [5, 5.41) is 7.28. The predicted molar refractivity (Wildman–Crippen MR) is 160 cm³/mol. The van der Waals surface area contributed by atoms with Crippen LogP contribution in [0.25, 0.3) is 5.69 Å². The second-order valence-corrected chi connectivity index (χ2v) is 10.4. The van der Waals surface area contributed by atoms with Crippen LogP contribution in [0, 0.1) is 20.8 Å². The van der Waals surface area contributed by atoms with E-state index in [0.717, 1.165) is 34.0 Å². The zero-order chi connectivity index (χ0) is 27.7. The van der Waals surface area contributed by atoms with Crippen molar-refractivity contribution in [2.75, 3.05) is 23.9 Å². The molecule has 3 heterocycles. The number of carbonyl (C=O) groups excluding carboxylic acids is 1. The molecule has 1 saturated heterocycles. The van der Waals surface area contributed by atoms with Gasteiger partial charge in [-0.15, -0.1) is 0 Å². The molecule has 9 heteroatoms. The number of pyridine rings is 1. The van der Waals surface area contributed by atoms with E-state index in [0.29, 0.717) is 15.8 Å². The highest BCUT2D eigenvalue weighted by molar-refractivity contribution is 7.80. The summed E-state index contributed by atoms with van der Waals surface area (Å²) in [5.74, 6) is -0.276. The molecule has 0 aliphatic carbocycles. The van der Waals surface area contributed by atoms with Crippen LogP contribution >= 0.6 is 23.8 Å². The minimum atomic E-state index is -0.276. The standard InChI is InChI=1S/C30H30ClN5O2S/c1-18-8-7-9-21(14-18)35-19(2)15-23(20(35)3)29-28(26-10-5-6-13-32-26)34-30(39)36(29)22-11-12-25(24(31)16-22)33-27(37)17-38-4/h5-16,28-29H,17H2,1-4H3,(H,33,37)(H,34,39)/t28-,29-/m0/s1. The van der Waals surface area contributed by atoms with E-state index in [2.05, 4.69) is 76.2 Å². The van der Waals surface area contributed by atoms with Crippen molar-refractivity contribution in [2.45, 2.75) is 32.9 Å². The number of halogens is 1. The zero-order valence-corrected chi connectivity index (χ0v) is 23.8. The number of thiocarbonyl (C=S) groups is 1. The van der Waals surface area contributed by atoms with E-state index >= 15 is 0 Å². The first-order valence-electron chi connectivity index (χ1n) is 12.6. The number of aromatic nitrogens is 2. The highest BCUT2D eigenvalue weighted by Gasteiger charge is 2.42. The number of benzene rings is 2. The van der Waals surface area contributed by atoms with Gasteiger partial charge in [-0.1, -0.05) is 29.8 Å². The first kappa shape index (κ1) is 26.9. The minimum absolute atomic E-state index is 0.0530. The summed E-state index contributed by atoms with van der Waals surface area (Å²) in [7, 11) is 1.47. The van der Waals surface area contributed by atoms with Gasteiger partial charge in [0.15, 0.2) is 5.11 Å². The highest BCUT2D eigenvalue weighted by atomic mass is 35.5. The van der Waals surface area contributed by atoms with Gasteiger partial charge in [-0.3, -0.25) is 9.78 Å². The number of carbonyl (C=O) groups is 1. The summed E-state index contributed by atoms with van der Waals surface area (Å²) in [6.07, 6.45) is 1.80. The van der Waals surface area contributed by atoms with Crippen LogP contribution in [-0.2, 0) is 9.53 Å². The molecule has 1 amide bonds. The van der Waals surface area contributed by atoms with E-state index in [1.807, 2.05) is 30.3 Å². The fraction of sp³-hybridized carbons (Fsp3) is 0.233. The lowest BCUT2D eigenvalue weighted by Crippen LogP contribution is -2.29. The number of ether oxygens (including phenoxy) is 1. The third-order valence-electron chi connectivity index (χ3n) is 6.93. The molecule has 2 aromatic carbocycles. The summed E-state index contributed by atoms with van der Waals surface area (Å²) in [6.45, 7) is 6.31. The third-order valence-corrected chi connectivity index (χ3v) is 7.55. The molecule has 7 nitrogen and oxygen atoms in total. The van der Waals surface area contributed by atoms with Crippen LogP contribution in [-0.4, -0.2) is 34.3 Å². The number of nitrogens with one attached hydrogen (secondary N) is 2. The van der Waals surface area contributed by atoms with Gasteiger partial charge < -0.3 is 24.8 Å². The number of hydrogen-bond donors (Lipinski definition) is 2. The van der Waals surface area contributed by atoms with Crippen LogP contribution in [0.3, 0.4) is 0 Å². The van der Waals surface area contributed by atoms with Crippen LogP contribution in [0.4, 0.5) is 11.4 Å². The van der Waals surface area contributed by atoms with Gasteiger partial charge in [0.2, 0.25) is 5.91 Å². The second kappa shape index (κ2) is 11.2. The van der Waals surface area contributed by atoms with Gasteiger partial charge in [-0.25, -0.2) is 0 Å². The molecule has 2 aromatic heterocycles. The van der Waals surface area contributed by atoms with Crippen molar-refractivity contribution >= 4 is 46.2 Å². The molecule has 0 radical (unpaired) electrons. The number of aryl methyl sites for hydroxylation is 2. The van der Waals surface area contributed by atoms with Gasteiger partial charge in [0.05, 0.1) is 28.5 Å². The molecule has 200 valence electrons. The van der Waals surface area contributed by atoms with E-state index in [9.17, 15) is 4.79 Å². The van der Waals surface area contributed by atoms with Crippen molar-refractivity contribution in [3.8, 4) is 5.69 Å². The van der Waals surface area contributed by atoms with Crippen molar-refractivity contribution < 1.29 is 9.53 Å². The highest BCUT2D eigenvalue weighted by Crippen LogP contribution is 2.44. The molecule has 5 rings (SSSR count). The Morgan fingerprint density at radius 1 is 1.08 bits per heavy atom. The van der Waals surface area contributed by atoms with Crippen LogP contribution < -0.4 is 15.5 Å². The summed E-state index contributed by atoms with van der Waals surface area (Å²) >= 11 is 12.5. The maximum Gasteiger partial charge on any atom is 0.250 e. The molecule has 2 atom stereocenters. The molecule has 0 saturated carbocycles. The molecule has 1 aliphatic rings. The maximum atomic E-state index is 12.1. The van der Waals surface area contributed by atoms with Crippen LogP contribution in [0.2, 0.25) is 5.02 Å². The summed E-state index contributed by atoms with van der Waals surface area (Å²) in [5.41, 5.74) is 7.90. The first-order chi connectivity index (χ1) is 18.8. The summed E-state index contributed by atoms with van der Waals surface area (Å²) in [4.78, 5) is 18.8. The lowest BCUT2D eigenvalue weighted by atomic mass is 9.96. The molecule has 2 N–H and O–H groups in total. The topological polar surface area (TPSA) is 71.4 Å². The van der Waals surface area contributed by atoms with Gasteiger partial charge >= 0.3 is 0 Å². The Morgan fingerprint density at radius 2 is 1.90 bits per heavy atom. The number of hydrogen-bond acceptors (Lipinski definition) is 4.